The smallest absolute Gasteiger partial charge is 0.254 e. The number of ether oxygens (including phenoxy) is 1. The number of carbonyl (C=O) groups is 1. The van der Waals surface area contributed by atoms with Gasteiger partial charge >= 0.3 is 0 Å². The molecule has 1 saturated heterocycles. The number of morpholine rings is 1. The fourth-order valence-electron chi connectivity index (χ4n) is 2.25. The number of aliphatic hydroxyl groups is 1. The lowest BCUT2D eigenvalue weighted by Crippen LogP contribution is -2.47. The molecule has 2 rings (SSSR count). The maximum absolute atomic E-state index is 12.1. The van der Waals surface area contributed by atoms with E-state index < -0.39 is 6.10 Å². The number of benzene rings is 1. The maximum atomic E-state index is 12.1. The molecule has 1 heterocycles. The average molecular weight is 278 g/mol. The van der Waals surface area contributed by atoms with Gasteiger partial charge in [-0.1, -0.05) is 19.1 Å². The Bertz CT molecular complexity index is 433. The van der Waals surface area contributed by atoms with Crippen LogP contribution in [0.1, 0.15) is 12.5 Å². The first-order chi connectivity index (χ1) is 9.72. The third-order valence-corrected chi connectivity index (χ3v) is 3.51. The Morgan fingerprint density at radius 2 is 2.20 bits per heavy atom. The Labute approximate surface area is 119 Å². The molecule has 1 aliphatic heterocycles. The van der Waals surface area contributed by atoms with Crippen molar-refractivity contribution < 1.29 is 14.6 Å². The number of amides is 1. The summed E-state index contributed by atoms with van der Waals surface area (Å²) in [6, 6.07) is 7.52. The summed E-state index contributed by atoms with van der Waals surface area (Å²) in [4.78, 5) is 14.3. The zero-order chi connectivity index (χ0) is 14.4. The van der Waals surface area contributed by atoms with Gasteiger partial charge in [-0.3, -0.25) is 9.69 Å². The lowest BCUT2D eigenvalue weighted by Gasteiger charge is -2.31. The van der Waals surface area contributed by atoms with Gasteiger partial charge in [-0.25, -0.2) is 0 Å². The highest BCUT2D eigenvalue weighted by Crippen LogP contribution is 2.12. The lowest BCUT2D eigenvalue weighted by molar-refractivity contribution is -0.132. The second kappa shape index (κ2) is 7.38. The van der Waals surface area contributed by atoms with Crippen LogP contribution < -0.4 is 5.32 Å². The fraction of sp³-hybridized carbons (Fsp3) is 0.533. The number of nitrogens with one attached hydrogen (secondary N) is 1. The number of hydrogen-bond acceptors (Lipinski definition) is 4. The standard InChI is InChI=1S/C15H22N2O3/c1-2-17-8-10-20-14(11-17)15(19)16-13-5-3-12(4-6-13)7-9-18/h3-6,14,18H,2,7-11H2,1H3,(H,16,19)/t14-/m0/s1. The zero-order valence-electron chi connectivity index (χ0n) is 11.8. The number of hydrogen-bond donors (Lipinski definition) is 2. The first-order valence-corrected chi connectivity index (χ1v) is 7.07. The Balaban J connectivity index is 1.90. The highest BCUT2D eigenvalue weighted by atomic mass is 16.5. The third kappa shape index (κ3) is 4.03. The van der Waals surface area contributed by atoms with Crippen LogP contribution in [0, 0.1) is 0 Å². The summed E-state index contributed by atoms with van der Waals surface area (Å²) in [5.41, 5.74) is 1.81. The van der Waals surface area contributed by atoms with Crippen LogP contribution in [0.5, 0.6) is 0 Å². The topological polar surface area (TPSA) is 61.8 Å². The molecular weight excluding hydrogens is 256 g/mol. The molecule has 5 nitrogen and oxygen atoms in total. The first-order valence-electron chi connectivity index (χ1n) is 7.07. The minimum Gasteiger partial charge on any atom is -0.396 e. The largest absolute Gasteiger partial charge is 0.396 e. The molecule has 1 aromatic rings. The van der Waals surface area contributed by atoms with E-state index in [9.17, 15) is 4.79 Å². The molecule has 1 aromatic carbocycles. The molecule has 0 aliphatic carbocycles. The summed E-state index contributed by atoms with van der Waals surface area (Å²) in [5.74, 6) is -0.0990. The summed E-state index contributed by atoms with van der Waals surface area (Å²) in [6.45, 7) is 5.28. The maximum Gasteiger partial charge on any atom is 0.254 e. The van der Waals surface area contributed by atoms with Gasteiger partial charge in [0.15, 0.2) is 0 Å². The van der Waals surface area contributed by atoms with Gasteiger partial charge in [0, 0.05) is 25.4 Å². The van der Waals surface area contributed by atoms with Gasteiger partial charge in [-0.05, 0) is 30.7 Å². The molecule has 0 aromatic heterocycles. The predicted octanol–water partition coefficient (Wildman–Crippen LogP) is 0.881. The number of anilines is 1. The van der Waals surface area contributed by atoms with Crippen LogP contribution >= 0.6 is 0 Å². The summed E-state index contributed by atoms with van der Waals surface area (Å²) >= 11 is 0. The summed E-state index contributed by atoms with van der Waals surface area (Å²) in [6.07, 6.45) is 0.228. The molecule has 0 saturated carbocycles. The van der Waals surface area contributed by atoms with E-state index in [2.05, 4.69) is 17.1 Å². The Morgan fingerprint density at radius 3 is 2.85 bits per heavy atom. The van der Waals surface area contributed by atoms with E-state index in [-0.39, 0.29) is 12.5 Å². The zero-order valence-corrected chi connectivity index (χ0v) is 11.8. The molecule has 0 bridgehead atoms. The van der Waals surface area contributed by atoms with Crippen LogP contribution in [0.15, 0.2) is 24.3 Å². The lowest BCUT2D eigenvalue weighted by atomic mass is 10.1. The van der Waals surface area contributed by atoms with Gasteiger partial charge in [0.25, 0.3) is 5.91 Å². The van der Waals surface area contributed by atoms with Crippen molar-refractivity contribution >= 4 is 11.6 Å². The molecule has 5 heteroatoms. The Hall–Kier alpha value is -1.43. The summed E-state index contributed by atoms with van der Waals surface area (Å²) in [5, 5.41) is 11.7. The molecule has 20 heavy (non-hydrogen) atoms. The second-order valence-corrected chi connectivity index (χ2v) is 4.91. The number of aliphatic hydroxyl groups excluding tert-OH is 1. The number of rotatable bonds is 5. The SMILES string of the molecule is CCN1CCO[C@H](C(=O)Nc2ccc(CCO)cc2)C1. The van der Waals surface area contributed by atoms with Crippen molar-refractivity contribution in [3.05, 3.63) is 29.8 Å². The van der Waals surface area contributed by atoms with Crippen LogP contribution in [-0.2, 0) is 16.0 Å². The highest BCUT2D eigenvalue weighted by Gasteiger charge is 2.25. The van der Waals surface area contributed by atoms with Crippen molar-refractivity contribution in [2.45, 2.75) is 19.4 Å². The number of likely N-dealkylation sites (N-methyl/N-ethyl adjacent to an activating group) is 1. The Morgan fingerprint density at radius 1 is 1.45 bits per heavy atom. The molecule has 110 valence electrons. The van der Waals surface area contributed by atoms with Crippen molar-refractivity contribution in [3.63, 3.8) is 0 Å². The van der Waals surface area contributed by atoms with E-state index >= 15 is 0 Å². The van der Waals surface area contributed by atoms with Crippen molar-refractivity contribution in [3.8, 4) is 0 Å². The molecule has 0 radical (unpaired) electrons. The van der Waals surface area contributed by atoms with Crippen LogP contribution in [-0.4, -0.2) is 54.9 Å². The van der Waals surface area contributed by atoms with Crippen molar-refractivity contribution in [2.24, 2.45) is 0 Å². The van der Waals surface area contributed by atoms with Crippen LogP contribution in [0.4, 0.5) is 5.69 Å². The van der Waals surface area contributed by atoms with Crippen LogP contribution in [0.3, 0.4) is 0 Å². The monoisotopic (exact) mass is 278 g/mol. The van der Waals surface area contributed by atoms with Crippen LogP contribution in [0.2, 0.25) is 0 Å². The third-order valence-electron chi connectivity index (χ3n) is 3.51. The summed E-state index contributed by atoms with van der Waals surface area (Å²) in [7, 11) is 0. The molecule has 0 unspecified atom stereocenters. The van der Waals surface area contributed by atoms with Crippen molar-refractivity contribution in [1.29, 1.82) is 0 Å². The normalized spacial score (nSPS) is 19.8. The Kier molecular flexibility index (Phi) is 5.52. The average Bonchev–Trinajstić information content (AvgIpc) is 2.49. The van der Waals surface area contributed by atoms with Gasteiger partial charge in [0.05, 0.1) is 6.61 Å². The highest BCUT2D eigenvalue weighted by molar-refractivity contribution is 5.94. The van der Waals surface area contributed by atoms with E-state index in [1.165, 1.54) is 0 Å². The van der Waals surface area contributed by atoms with E-state index in [0.717, 1.165) is 24.3 Å². The van der Waals surface area contributed by atoms with Gasteiger partial charge in [-0.15, -0.1) is 0 Å². The first kappa shape index (κ1) is 15.0. The minimum atomic E-state index is -0.402. The fourth-order valence-corrected chi connectivity index (χ4v) is 2.25. The van der Waals surface area contributed by atoms with Crippen molar-refractivity contribution in [1.82, 2.24) is 4.90 Å². The number of carbonyl (C=O) groups excluding carboxylic acids is 1. The van der Waals surface area contributed by atoms with Crippen molar-refractivity contribution in [2.75, 3.05) is 38.2 Å². The van der Waals surface area contributed by atoms with E-state index in [1.54, 1.807) is 0 Å². The van der Waals surface area contributed by atoms with Gasteiger partial charge in [0.2, 0.25) is 0 Å². The van der Waals surface area contributed by atoms with Crippen LogP contribution in [0.25, 0.3) is 0 Å². The van der Waals surface area contributed by atoms with E-state index in [4.69, 9.17) is 9.84 Å². The van der Waals surface area contributed by atoms with E-state index in [0.29, 0.717) is 19.6 Å². The number of nitrogens with zero attached hydrogens (tertiary/aromatic N) is 1. The molecular formula is C15H22N2O3. The molecule has 2 N–H and O–H groups in total. The second-order valence-electron chi connectivity index (χ2n) is 4.91. The molecule has 1 aliphatic rings. The van der Waals surface area contributed by atoms with Gasteiger partial charge < -0.3 is 15.2 Å². The summed E-state index contributed by atoms with van der Waals surface area (Å²) < 4.78 is 5.52. The molecule has 0 spiro atoms. The minimum absolute atomic E-state index is 0.0990. The van der Waals surface area contributed by atoms with Gasteiger partial charge in [0.1, 0.15) is 6.10 Å². The molecule has 1 amide bonds. The quantitative estimate of drug-likeness (QED) is 0.839. The predicted molar refractivity (Wildman–Crippen MR) is 77.7 cm³/mol. The van der Waals surface area contributed by atoms with E-state index in [1.807, 2.05) is 24.3 Å². The van der Waals surface area contributed by atoms with Gasteiger partial charge in [-0.2, -0.15) is 0 Å². The molecule has 1 atom stereocenters. The molecule has 1 fully saturated rings.